The number of hydrogen-bond acceptors (Lipinski definition) is 4. The summed E-state index contributed by atoms with van der Waals surface area (Å²) in [5.74, 6) is -0.0923. The van der Waals surface area contributed by atoms with Crippen LogP contribution in [-0.2, 0) is 9.31 Å². The maximum Gasteiger partial charge on any atom is 0.461 e. The van der Waals surface area contributed by atoms with E-state index >= 15 is 0 Å². The lowest BCUT2D eigenvalue weighted by Crippen LogP contribution is -2.41. The van der Waals surface area contributed by atoms with E-state index in [1.807, 2.05) is 0 Å². The van der Waals surface area contributed by atoms with Gasteiger partial charge in [-0.2, -0.15) is 0 Å². The lowest BCUT2D eigenvalue weighted by Gasteiger charge is -2.32. The topological polar surface area (TPSA) is 55.8 Å². The molecule has 29 heavy (non-hydrogen) atoms. The Kier molecular flexibility index (Phi) is 6.54. The summed E-state index contributed by atoms with van der Waals surface area (Å²) in [5, 5.41) is 0. The van der Waals surface area contributed by atoms with Crippen molar-refractivity contribution in [1.29, 1.82) is 0 Å². The minimum absolute atomic E-state index is 0.177. The van der Waals surface area contributed by atoms with E-state index in [1.165, 1.54) is 17.7 Å². The van der Waals surface area contributed by atoms with Gasteiger partial charge < -0.3 is 9.31 Å². The SMILES string of the molecule is CCCCC[C@@H](CCCN1C(=O)c2ccccc2C1=O)B1OC(C)(C)C(C)(C)O1. The Hall–Kier alpha value is -1.66. The molecule has 0 spiro atoms. The zero-order chi connectivity index (χ0) is 21.2. The van der Waals surface area contributed by atoms with Crippen LogP contribution >= 0.6 is 0 Å². The van der Waals surface area contributed by atoms with Gasteiger partial charge in [-0.3, -0.25) is 14.5 Å². The summed E-state index contributed by atoms with van der Waals surface area (Å²) in [6.45, 7) is 11.0. The minimum atomic E-state index is -0.344. The molecule has 1 saturated heterocycles. The maximum atomic E-state index is 12.6. The monoisotopic (exact) mass is 399 g/mol. The number of unbranched alkanes of at least 4 members (excludes halogenated alkanes) is 2. The van der Waals surface area contributed by atoms with Crippen LogP contribution in [0.1, 0.15) is 93.9 Å². The van der Waals surface area contributed by atoms with Crippen LogP contribution in [0.3, 0.4) is 0 Å². The van der Waals surface area contributed by atoms with E-state index in [-0.39, 0.29) is 36.0 Å². The van der Waals surface area contributed by atoms with Gasteiger partial charge in [-0.05, 0) is 52.1 Å². The molecule has 2 amide bonds. The standard InChI is InChI=1S/C23H34BNO4/c1-6-7-8-12-17(24-28-22(2,3)23(4,5)29-24)13-11-16-25-20(26)18-14-9-10-15-19(18)21(25)27/h9-10,14-15,17H,6-8,11-13,16H2,1-5H3/t17-/m0/s1. The van der Waals surface area contributed by atoms with Crippen molar-refractivity contribution in [3.8, 4) is 0 Å². The molecular formula is C23H34BNO4. The highest BCUT2D eigenvalue weighted by Gasteiger charge is 2.53. The second-order valence-corrected chi connectivity index (χ2v) is 9.33. The van der Waals surface area contributed by atoms with Crippen LogP contribution in [0.15, 0.2) is 24.3 Å². The minimum Gasteiger partial charge on any atom is -0.403 e. The van der Waals surface area contributed by atoms with Crippen LogP contribution in [0.4, 0.5) is 0 Å². The number of rotatable bonds is 9. The molecule has 0 N–H and O–H groups in total. The van der Waals surface area contributed by atoms with Crippen LogP contribution in [0.2, 0.25) is 5.82 Å². The van der Waals surface area contributed by atoms with Crippen molar-refractivity contribution in [3.05, 3.63) is 35.4 Å². The van der Waals surface area contributed by atoms with Gasteiger partial charge in [0.2, 0.25) is 0 Å². The predicted molar refractivity (Wildman–Crippen MR) is 115 cm³/mol. The number of carbonyl (C=O) groups excluding carboxylic acids is 2. The number of hydrogen-bond donors (Lipinski definition) is 0. The normalized spacial score (nSPS) is 21.0. The molecule has 1 aromatic rings. The van der Waals surface area contributed by atoms with Crippen molar-refractivity contribution in [2.24, 2.45) is 0 Å². The lowest BCUT2D eigenvalue weighted by molar-refractivity contribution is 0.00578. The zero-order valence-corrected chi connectivity index (χ0v) is 18.5. The first-order valence-electron chi connectivity index (χ1n) is 11.0. The summed E-state index contributed by atoms with van der Waals surface area (Å²) >= 11 is 0. The van der Waals surface area contributed by atoms with Gasteiger partial charge >= 0.3 is 7.12 Å². The first-order valence-corrected chi connectivity index (χ1v) is 11.0. The highest BCUT2D eigenvalue weighted by atomic mass is 16.7. The van der Waals surface area contributed by atoms with E-state index in [1.54, 1.807) is 24.3 Å². The van der Waals surface area contributed by atoms with Crippen molar-refractivity contribution in [3.63, 3.8) is 0 Å². The van der Waals surface area contributed by atoms with Gasteiger partial charge in [0, 0.05) is 6.54 Å². The van der Waals surface area contributed by atoms with Crippen LogP contribution < -0.4 is 0 Å². The molecule has 5 nitrogen and oxygen atoms in total. The Labute approximate surface area is 175 Å². The van der Waals surface area contributed by atoms with Crippen molar-refractivity contribution in [2.75, 3.05) is 6.54 Å². The van der Waals surface area contributed by atoms with Gasteiger partial charge in [0.15, 0.2) is 0 Å². The average Bonchev–Trinajstić information content (AvgIpc) is 3.04. The van der Waals surface area contributed by atoms with Crippen molar-refractivity contribution in [1.82, 2.24) is 4.90 Å². The largest absolute Gasteiger partial charge is 0.461 e. The number of amides is 2. The van der Waals surface area contributed by atoms with Gasteiger partial charge in [-0.1, -0.05) is 51.2 Å². The predicted octanol–water partition coefficient (Wildman–Crippen LogP) is 5.11. The molecule has 6 heteroatoms. The molecule has 0 aromatic heterocycles. The average molecular weight is 399 g/mol. The number of benzene rings is 1. The summed E-state index contributed by atoms with van der Waals surface area (Å²) in [4.78, 5) is 26.5. The first kappa shape index (κ1) is 22.0. The molecule has 2 aliphatic heterocycles. The third-order valence-corrected chi connectivity index (χ3v) is 6.67. The molecule has 0 bridgehead atoms. The quantitative estimate of drug-likeness (QED) is 0.329. The molecule has 2 heterocycles. The highest BCUT2D eigenvalue weighted by Crippen LogP contribution is 2.42. The molecule has 0 aliphatic carbocycles. The third-order valence-electron chi connectivity index (χ3n) is 6.67. The number of nitrogens with zero attached hydrogens (tertiary/aromatic N) is 1. The molecule has 0 unspecified atom stereocenters. The van der Waals surface area contributed by atoms with Crippen LogP contribution in [0.5, 0.6) is 0 Å². The number of carbonyl (C=O) groups is 2. The van der Waals surface area contributed by atoms with Gasteiger partial charge in [0.05, 0.1) is 22.3 Å². The first-order chi connectivity index (χ1) is 13.7. The Morgan fingerprint density at radius 1 is 0.897 bits per heavy atom. The molecule has 3 rings (SSSR count). The Bertz CT molecular complexity index is 710. The molecule has 0 radical (unpaired) electrons. The lowest BCUT2D eigenvalue weighted by atomic mass is 9.67. The maximum absolute atomic E-state index is 12.6. The molecule has 1 aromatic carbocycles. The molecule has 1 atom stereocenters. The van der Waals surface area contributed by atoms with Gasteiger partial charge in [0.1, 0.15) is 0 Å². The van der Waals surface area contributed by atoms with E-state index in [2.05, 4.69) is 34.6 Å². The molecule has 2 aliphatic rings. The second kappa shape index (κ2) is 8.61. The molecule has 0 saturated carbocycles. The fraction of sp³-hybridized carbons (Fsp3) is 0.652. The fourth-order valence-electron chi connectivity index (χ4n) is 4.11. The molecule has 158 valence electrons. The van der Waals surface area contributed by atoms with Crippen LogP contribution in [0, 0.1) is 0 Å². The van der Waals surface area contributed by atoms with Gasteiger partial charge in [0.25, 0.3) is 11.8 Å². The second-order valence-electron chi connectivity index (χ2n) is 9.33. The van der Waals surface area contributed by atoms with Crippen molar-refractivity contribution >= 4 is 18.9 Å². The summed E-state index contributed by atoms with van der Waals surface area (Å²) in [6.07, 6.45) is 6.16. The smallest absolute Gasteiger partial charge is 0.403 e. The van der Waals surface area contributed by atoms with E-state index in [0.29, 0.717) is 17.7 Å². The molecule has 1 fully saturated rings. The molecular weight excluding hydrogens is 365 g/mol. The van der Waals surface area contributed by atoms with E-state index in [9.17, 15) is 9.59 Å². The Morgan fingerprint density at radius 2 is 1.41 bits per heavy atom. The summed E-state index contributed by atoms with van der Waals surface area (Å²) in [5.41, 5.74) is 0.345. The third kappa shape index (κ3) is 4.43. The van der Waals surface area contributed by atoms with Crippen molar-refractivity contribution in [2.45, 2.75) is 90.2 Å². The van der Waals surface area contributed by atoms with Gasteiger partial charge in [-0.15, -0.1) is 0 Å². The van der Waals surface area contributed by atoms with Gasteiger partial charge in [-0.25, -0.2) is 0 Å². The Morgan fingerprint density at radius 3 is 1.93 bits per heavy atom. The summed E-state index contributed by atoms with van der Waals surface area (Å²) < 4.78 is 12.6. The van der Waals surface area contributed by atoms with E-state index < -0.39 is 0 Å². The Balaban J connectivity index is 1.61. The fourth-order valence-corrected chi connectivity index (χ4v) is 4.11. The van der Waals surface area contributed by atoms with E-state index in [0.717, 1.165) is 25.7 Å². The zero-order valence-electron chi connectivity index (χ0n) is 18.5. The van der Waals surface area contributed by atoms with Crippen molar-refractivity contribution < 1.29 is 18.9 Å². The van der Waals surface area contributed by atoms with E-state index in [4.69, 9.17) is 9.31 Å². The van der Waals surface area contributed by atoms with Crippen LogP contribution in [-0.4, -0.2) is 41.6 Å². The number of imide groups is 1. The van der Waals surface area contributed by atoms with Crippen LogP contribution in [0.25, 0.3) is 0 Å². The summed E-state index contributed by atoms with van der Waals surface area (Å²) in [7, 11) is -0.237. The number of fused-ring (bicyclic) bond motifs is 1. The summed E-state index contributed by atoms with van der Waals surface area (Å²) in [6, 6.07) is 7.06. The highest BCUT2D eigenvalue weighted by molar-refractivity contribution is 6.47.